The van der Waals surface area contributed by atoms with Crippen LogP contribution in [0, 0.1) is 11.6 Å². The second-order valence-corrected chi connectivity index (χ2v) is 18.9. The third-order valence-electron chi connectivity index (χ3n) is 13.7. The van der Waals surface area contributed by atoms with E-state index in [1.165, 1.54) is 23.8 Å². The molecule has 1 aliphatic heterocycles. The first-order chi connectivity index (χ1) is 34.1. The van der Waals surface area contributed by atoms with Crippen LogP contribution in [0.1, 0.15) is 69.6 Å². The molecule has 0 atom stereocenters. The molecule has 5 nitrogen and oxygen atoms in total. The number of aromatic nitrogens is 2. The lowest BCUT2D eigenvalue weighted by atomic mass is 9.87. The molecule has 0 aliphatic carbocycles. The number of anilines is 4. The Morgan fingerprint density at radius 2 is 1.19 bits per heavy atom. The largest absolute Gasteiger partial charge is 0.457 e. The van der Waals surface area contributed by atoms with Crippen LogP contribution in [-0.2, 0) is 6.42 Å². The molecule has 1 aliphatic rings. The van der Waals surface area contributed by atoms with Gasteiger partial charge in [-0.3, -0.25) is 4.57 Å². The number of para-hydroxylation sites is 3. The molecule has 0 saturated carbocycles. The maximum atomic E-state index is 15.5. The molecule has 346 valence electrons. The summed E-state index contributed by atoms with van der Waals surface area (Å²) in [6.45, 7) is 11.3. The molecule has 11 rings (SSSR count). The summed E-state index contributed by atoms with van der Waals surface area (Å²) in [6.07, 6.45) is 3.94. The fraction of sp³-hybridized carbons (Fsp3) is 0.159. The lowest BCUT2D eigenvalue weighted by molar-refractivity contribution is 0.483. The molecule has 0 amide bonds. The van der Waals surface area contributed by atoms with Gasteiger partial charge in [-0.2, -0.15) is 0 Å². The maximum Gasteiger partial charge on any atom is 0.137 e. The maximum absolute atomic E-state index is 15.5. The zero-order valence-electron chi connectivity index (χ0n) is 40.1. The van der Waals surface area contributed by atoms with Crippen LogP contribution in [0.2, 0.25) is 0 Å². The fourth-order valence-electron chi connectivity index (χ4n) is 10.4. The topological polar surface area (TPSA) is 33.5 Å². The van der Waals surface area contributed by atoms with Gasteiger partial charge in [-0.05, 0) is 142 Å². The molecule has 0 unspecified atom stereocenters. The van der Waals surface area contributed by atoms with Gasteiger partial charge < -0.3 is 14.5 Å². The molecule has 0 saturated heterocycles. The SMILES string of the molecule is CCCc1ccnc(-n2c3ccccc3c3ccc(Oc4cc(-c5ccccc5-c5ccccc5)cc(N5CN(c6c(C(C)C)cc(-c7c(F)cccc7F)cc6C(C)C)c6ccccc65)c4)cc32)c1. The third kappa shape index (κ3) is 8.05. The van der Waals surface area contributed by atoms with Crippen molar-refractivity contribution >= 4 is 44.6 Å². The number of benzene rings is 8. The van der Waals surface area contributed by atoms with E-state index in [4.69, 9.17) is 9.72 Å². The molecule has 2 aromatic heterocycles. The molecule has 10 aromatic rings. The summed E-state index contributed by atoms with van der Waals surface area (Å²) < 4.78 is 40.2. The van der Waals surface area contributed by atoms with Crippen LogP contribution in [0.4, 0.5) is 31.5 Å². The highest BCUT2D eigenvalue weighted by atomic mass is 19.1. The number of fused-ring (bicyclic) bond motifs is 4. The van der Waals surface area contributed by atoms with Crippen molar-refractivity contribution in [2.45, 2.75) is 59.3 Å². The Hall–Kier alpha value is -8.03. The molecular formula is C63H54F2N4O. The minimum absolute atomic E-state index is 0.000104. The second kappa shape index (κ2) is 18.5. The Morgan fingerprint density at radius 3 is 1.90 bits per heavy atom. The smallest absolute Gasteiger partial charge is 0.137 e. The van der Waals surface area contributed by atoms with Gasteiger partial charge in [0.2, 0.25) is 0 Å². The van der Waals surface area contributed by atoms with Crippen molar-refractivity contribution in [1.29, 1.82) is 0 Å². The highest BCUT2D eigenvalue weighted by Crippen LogP contribution is 2.51. The molecule has 8 aromatic carbocycles. The Labute approximate surface area is 408 Å². The third-order valence-corrected chi connectivity index (χ3v) is 13.7. The van der Waals surface area contributed by atoms with Crippen molar-refractivity contribution in [3.63, 3.8) is 0 Å². The number of hydrogen-bond acceptors (Lipinski definition) is 4. The van der Waals surface area contributed by atoms with E-state index in [0.717, 1.165) is 96.6 Å². The van der Waals surface area contributed by atoms with Gasteiger partial charge in [0.05, 0.1) is 28.0 Å². The van der Waals surface area contributed by atoms with E-state index < -0.39 is 11.6 Å². The van der Waals surface area contributed by atoms with E-state index in [1.54, 1.807) is 0 Å². The van der Waals surface area contributed by atoms with Crippen LogP contribution in [0.5, 0.6) is 11.5 Å². The number of hydrogen-bond donors (Lipinski definition) is 0. The summed E-state index contributed by atoms with van der Waals surface area (Å²) in [5.74, 6) is 1.23. The molecule has 3 heterocycles. The monoisotopic (exact) mass is 920 g/mol. The van der Waals surface area contributed by atoms with E-state index in [0.29, 0.717) is 23.7 Å². The summed E-state index contributed by atoms with van der Waals surface area (Å²) >= 11 is 0. The predicted molar refractivity (Wildman–Crippen MR) is 286 cm³/mol. The summed E-state index contributed by atoms with van der Waals surface area (Å²) in [5.41, 5.74) is 14.4. The lowest BCUT2D eigenvalue weighted by Gasteiger charge is -2.30. The van der Waals surface area contributed by atoms with E-state index in [1.807, 2.05) is 24.4 Å². The number of ether oxygens (including phenoxy) is 1. The summed E-state index contributed by atoms with van der Waals surface area (Å²) in [7, 11) is 0. The van der Waals surface area contributed by atoms with Gasteiger partial charge in [-0.1, -0.05) is 132 Å². The summed E-state index contributed by atoms with van der Waals surface area (Å²) in [4.78, 5) is 9.63. The van der Waals surface area contributed by atoms with E-state index in [2.05, 4.69) is 195 Å². The molecule has 0 spiro atoms. The number of nitrogens with zero attached hydrogens (tertiary/aromatic N) is 4. The van der Waals surface area contributed by atoms with Crippen LogP contribution in [0.25, 0.3) is 61.0 Å². The van der Waals surface area contributed by atoms with Crippen molar-refractivity contribution in [2.75, 3.05) is 16.5 Å². The lowest BCUT2D eigenvalue weighted by Crippen LogP contribution is -2.26. The van der Waals surface area contributed by atoms with E-state index in [9.17, 15) is 0 Å². The van der Waals surface area contributed by atoms with Gasteiger partial charge in [-0.15, -0.1) is 0 Å². The molecule has 0 bridgehead atoms. The first-order valence-electron chi connectivity index (χ1n) is 24.4. The molecule has 70 heavy (non-hydrogen) atoms. The first kappa shape index (κ1) is 44.5. The Bertz CT molecular complexity index is 3530. The Kier molecular flexibility index (Phi) is 11.7. The highest BCUT2D eigenvalue weighted by molar-refractivity contribution is 6.09. The number of halogens is 2. The van der Waals surface area contributed by atoms with E-state index >= 15 is 8.78 Å². The van der Waals surface area contributed by atoms with Gasteiger partial charge in [-0.25, -0.2) is 13.8 Å². The van der Waals surface area contributed by atoms with Crippen LogP contribution >= 0.6 is 0 Å². The first-order valence-corrected chi connectivity index (χ1v) is 24.4. The van der Waals surface area contributed by atoms with Gasteiger partial charge in [0.25, 0.3) is 0 Å². The van der Waals surface area contributed by atoms with E-state index in [-0.39, 0.29) is 17.4 Å². The minimum atomic E-state index is -0.571. The van der Waals surface area contributed by atoms with Crippen molar-refractivity contribution in [2.24, 2.45) is 0 Å². The predicted octanol–water partition coefficient (Wildman–Crippen LogP) is 17.7. The van der Waals surface area contributed by atoms with Crippen molar-refractivity contribution in [3.05, 3.63) is 217 Å². The summed E-state index contributed by atoms with van der Waals surface area (Å²) in [5, 5.41) is 2.28. The fourth-order valence-corrected chi connectivity index (χ4v) is 10.4. The van der Waals surface area contributed by atoms with Gasteiger partial charge in [0.1, 0.15) is 35.6 Å². The van der Waals surface area contributed by atoms with Gasteiger partial charge >= 0.3 is 0 Å². The Balaban J connectivity index is 1.07. The van der Waals surface area contributed by atoms with Crippen LogP contribution < -0.4 is 14.5 Å². The van der Waals surface area contributed by atoms with Gasteiger partial charge in [0.15, 0.2) is 0 Å². The standard InChI is InChI=1S/C63H54F2N4O/c1-6-17-42-30-31-66-61(32-42)69-57-25-13-12-22-51(57)52-29-28-47(38-60(52)69)70-48-34-44(50-21-11-10-20-49(50)43-18-8-7-9-19-43)33-46(37-48)67-39-68(59-27-15-14-26-58(59)67)63-53(40(2)3)35-45(36-54(63)41(4)5)62-55(64)23-16-24-56(62)65/h7-16,18-38,40-41H,6,17,39H2,1-5H3. The number of pyridine rings is 1. The highest BCUT2D eigenvalue weighted by Gasteiger charge is 2.33. The van der Waals surface area contributed by atoms with Crippen LogP contribution in [-0.4, -0.2) is 16.2 Å². The normalized spacial score (nSPS) is 12.5. The van der Waals surface area contributed by atoms with Crippen molar-refractivity contribution < 1.29 is 13.5 Å². The number of rotatable bonds is 12. The second-order valence-electron chi connectivity index (χ2n) is 18.9. The van der Waals surface area contributed by atoms with Crippen molar-refractivity contribution in [1.82, 2.24) is 9.55 Å². The van der Waals surface area contributed by atoms with Crippen molar-refractivity contribution in [3.8, 4) is 50.7 Å². The number of aryl methyl sites for hydroxylation is 1. The zero-order chi connectivity index (χ0) is 48.0. The molecule has 0 N–H and O–H groups in total. The van der Waals surface area contributed by atoms with Crippen LogP contribution in [0.15, 0.2) is 188 Å². The zero-order valence-corrected chi connectivity index (χ0v) is 40.1. The minimum Gasteiger partial charge on any atom is -0.457 e. The molecule has 7 heteroatoms. The summed E-state index contributed by atoms with van der Waals surface area (Å²) in [6, 6.07) is 61.3. The quantitative estimate of drug-likeness (QED) is 0.122. The molecule has 0 radical (unpaired) electrons. The molecular weight excluding hydrogens is 867 g/mol. The Morgan fingerprint density at radius 1 is 0.543 bits per heavy atom. The average Bonchev–Trinajstić information content (AvgIpc) is 3.92. The van der Waals surface area contributed by atoms with Gasteiger partial charge in [0, 0.05) is 40.5 Å². The molecule has 0 fully saturated rings. The van der Waals surface area contributed by atoms with Crippen LogP contribution in [0.3, 0.4) is 0 Å². The average molecular weight is 921 g/mol.